The normalized spacial score (nSPS) is 11.1. The summed E-state index contributed by atoms with van der Waals surface area (Å²) < 4.78 is 4.99. The van der Waals surface area contributed by atoms with E-state index in [-0.39, 0.29) is 11.1 Å². The highest BCUT2D eigenvalue weighted by molar-refractivity contribution is 5.63. The van der Waals surface area contributed by atoms with Gasteiger partial charge in [-0.15, -0.1) is 0 Å². The number of nitrogens with zero attached hydrogens (tertiary/aromatic N) is 1. The standard InChI is InChI=1S/C13H20N2O3/c1-13(2,3)7-8-14-11-6-5-10(18-4)9-12(11)15(16)17/h5-6,9,14H,7-8H2,1-4H3. The monoisotopic (exact) mass is 252 g/mol. The van der Waals surface area contributed by atoms with Gasteiger partial charge in [-0.3, -0.25) is 10.1 Å². The zero-order valence-electron chi connectivity index (χ0n) is 11.3. The maximum absolute atomic E-state index is 11.0. The summed E-state index contributed by atoms with van der Waals surface area (Å²) in [4.78, 5) is 10.6. The number of methoxy groups -OCH3 is 1. The smallest absolute Gasteiger partial charge is 0.296 e. The molecule has 100 valence electrons. The zero-order valence-corrected chi connectivity index (χ0v) is 11.3. The van der Waals surface area contributed by atoms with Crippen molar-refractivity contribution in [1.82, 2.24) is 0 Å². The van der Waals surface area contributed by atoms with E-state index in [9.17, 15) is 10.1 Å². The number of ether oxygens (including phenoxy) is 1. The molecule has 0 radical (unpaired) electrons. The summed E-state index contributed by atoms with van der Waals surface area (Å²) in [5, 5.41) is 14.1. The van der Waals surface area contributed by atoms with Crippen molar-refractivity contribution in [2.45, 2.75) is 27.2 Å². The van der Waals surface area contributed by atoms with Crippen molar-refractivity contribution in [3.63, 3.8) is 0 Å². The minimum absolute atomic E-state index is 0.0447. The molecular weight excluding hydrogens is 232 g/mol. The van der Waals surface area contributed by atoms with Gasteiger partial charge in [-0.05, 0) is 24.0 Å². The fraction of sp³-hybridized carbons (Fsp3) is 0.538. The molecule has 1 aromatic rings. The molecule has 0 unspecified atom stereocenters. The van der Waals surface area contributed by atoms with Gasteiger partial charge in [0.05, 0.1) is 18.1 Å². The van der Waals surface area contributed by atoms with Gasteiger partial charge in [0, 0.05) is 6.54 Å². The van der Waals surface area contributed by atoms with Crippen LogP contribution in [0.15, 0.2) is 18.2 Å². The highest BCUT2D eigenvalue weighted by Gasteiger charge is 2.16. The quantitative estimate of drug-likeness (QED) is 0.644. The van der Waals surface area contributed by atoms with Crippen LogP contribution in [-0.2, 0) is 0 Å². The molecule has 1 rings (SSSR count). The molecule has 0 spiro atoms. The van der Waals surface area contributed by atoms with E-state index >= 15 is 0 Å². The molecule has 0 aliphatic heterocycles. The highest BCUT2D eigenvalue weighted by Crippen LogP contribution is 2.29. The maximum Gasteiger partial charge on any atom is 0.296 e. The molecule has 0 amide bonds. The van der Waals surface area contributed by atoms with Gasteiger partial charge < -0.3 is 10.1 Å². The van der Waals surface area contributed by atoms with E-state index in [0.29, 0.717) is 18.0 Å². The van der Waals surface area contributed by atoms with Gasteiger partial charge in [-0.2, -0.15) is 0 Å². The van der Waals surface area contributed by atoms with Gasteiger partial charge in [0.15, 0.2) is 0 Å². The molecule has 1 aromatic carbocycles. The molecule has 5 nitrogen and oxygen atoms in total. The number of hydrogen-bond donors (Lipinski definition) is 1. The van der Waals surface area contributed by atoms with Crippen LogP contribution in [-0.4, -0.2) is 18.6 Å². The molecule has 0 aliphatic carbocycles. The van der Waals surface area contributed by atoms with E-state index in [1.165, 1.54) is 13.2 Å². The lowest BCUT2D eigenvalue weighted by molar-refractivity contribution is -0.384. The van der Waals surface area contributed by atoms with E-state index in [1.807, 2.05) is 0 Å². The second kappa shape index (κ2) is 5.71. The van der Waals surface area contributed by atoms with Crippen molar-refractivity contribution in [1.29, 1.82) is 0 Å². The van der Waals surface area contributed by atoms with Crippen molar-refractivity contribution < 1.29 is 9.66 Å². The van der Waals surface area contributed by atoms with Crippen molar-refractivity contribution in [2.75, 3.05) is 19.0 Å². The van der Waals surface area contributed by atoms with Gasteiger partial charge in [0.25, 0.3) is 5.69 Å². The predicted octanol–water partition coefficient (Wildman–Crippen LogP) is 3.45. The molecule has 0 saturated carbocycles. The first-order valence-electron chi connectivity index (χ1n) is 5.90. The molecule has 0 saturated heterocycles. The molecule has 0 aromatic heterocycles. The van der Waals surface area contributed by atoms with Crippen LogP contribution in [0.5, 0.6) is 5.75 Å². The number of nitro benzene ring substituents is 1. The lowest BCUT2D eigenvalue weighted by Crippen LogP contribution is -2.13. The minimum atomic E-state index is -0.401. The molecule has 0 fully saturated rings. The van der Waals surface area contributed by atoms with Crippen LogP contribution >= 0.6 is 0 Å². The van der Waals surface area contributed by atoms with E-state index in [2.05, 4.69) is 26.1 Å². The Morgan fingerprint density at radius 3 is 2.56 bits per heavy atom. The Hall–Kier alpha value is -1.78. The first kappa shape index (κ1) is 14.3. The summed E-state index contributed by atoms with van der Waals surface area (Å²) in [6.45, 7) is 7.11. The number of nitro groups is 1. The summed E-state index contributed by atoms with van der Waals surface area (Å²) in [5.41, 5.74) is 0.780. The Bertz CT molecular complexity index is 425. The van der Waals surface area contributed by atoms with Crippen molar-refractivity contribution in [2.24, 2.45) is 5.41 Å². The third-order valence-corrected chi connectivity index (χ3v) is 2.59. The van der Waals surface area contributed by atoms with E-state index in [0.717, 1.165) is 6.42 Å². The van der Waals surface area contributed by atoms with Crippen molar-refractivity contribution in [3.05, 3.63) is 28.3 Å². The third kappa shape index (κ3) is 4.24. The van der Waals surface area contributed by atoms with Crippen molar-refractivity contribution >= 4 is 11.4 Å². The van der Waals surface area contributed by atoms with Crippen LogP contribution in [0.2, 0.25) is 0 Å². The highest BCUT2D eigenvalue weighted by atomic mass is 16.6. The number of hydrogen-bond acceptors (Lipinski definition) is 4. The molecule has 0 heterocycles. The van der Waals surface area contributed by atoms with E-state index in [4.69, 9.17) is 4.74 Å². The summed E-state index contributed by atoms with van der Waals surface area (Å²) in [6, 6.07) is 4.82. The Balaban J connectivity index is 2.79. The topological polar surface area (TPSA) is 64.4 Å². The molecule has 0 aliphatic rings. The minimum Gasteiger partial charge on any atom is -0.496 e. The molecule has 18 heavy (non-hydrogen) atoms. The Labute approximate surface area is 107 Å². The van der Waals surface area contributed by atoms with Crippen LogP contribution in [0, 0.1) is 15.5 Å². The number of rotatable bonds is 5. The van der Waals surface area contributed by atoms with Crippen LogP contribution in [0.3, 0.4) is 0 Å². The fourth-order valence-electron chi connectivity index (χ4n) is 1.51. The summed E-state index contributed by atoms with van der Waals surface area (Å²) >= 11 is 0. The molecule has 0 bridgehead atoms. The molecule has 1 N–H and O–H groups in total. The van der Waals surface area contributed by atoms with Crippen LogP contribution < -0.4 is 10.1 Å². The first-order valence-corrected chi connectivity index (χ1v) is 5.90. The molecule has 0 atom stereocenters. The van der Waals surface area contributed by atoms with Crippen molar-refractivity contribution in [3.8, 4) is 5.75 Å². The summed E-state index contributed by atoms with van der Waals surface area (Å²) in [7, 11) is 1.49. The summed E-state index contributed by atoms with van der Waals surface area (Å²) in [6.07, 6.45) is 0.941. The molecule has 5 heteroatoms. The van der Waals surface area contributed by atoms with Gasteiger partial charge in [0.1, 0.15) is 11.4 Å². The van der Waals surface area contributed by atoms with Gasteiger partial charge in [0.2, 0.25) is 0 Å². The Morgan fingerprint density at radius 1 is 1.39 bits per heavy atom. The second-order valence-electron chi connectivity index (χ2n) is 5.38. The van der Waals surface area contributed by atoms with E-state index in [1.54, 1.807) is 12.1 Å². The van der Waals surface area contributed by atoms with Gasteiger partial charge in [-0.25, -0.2) is 0 Å². The van der Waals surface area contributed by atoms with Crippen LogP contribution in [0.4, 0.5) is 11.4 Å². The fourth-order valence-corrected chi connectivity index (χ4v) is 1.51. The third-order valence-electron chi connectivity index (χ3n) is 2.59. The lowest BCUT2D eigenvalue weighted by atomic mass is 9.92. The first-order chi connectivity index (χ1) is 8.33. The van der Waals surface area contributed by atoms with Gasteiger partial charge >= 0.3 is 0 Å². The SMILES string of the molecule is COc1ccc(NCCC(C)(C)C)c([N+](=O)[O-])c1. The van der Waals surface area contributed by atoms with Gasteiger partial charge in [-0.1, -0.05) is 20.8 Å². The largest absolute Gasteiger partial charge is 0.496 e. The van der Waals surface area contributed by atoms with Crippen LogP contribution in [0.25, 0.3) is 0 Å². The Morgan fingerprint density at radius 2 is 2.06 bits per heavy atom. The maximum atomic E-state index is 11.0. The second-order valence-corrected chi connectivity index (χ2v) is 5.38. The summed E-state index contributed by atoms with van der Waals surface area (Å²) in [5.74, 6) is 0.489. The average molecular weight is 252 g/mol. The number of nitrogens with one attached hydrogen (secondary N) is 1. The average Bonchev–Trinajstić information content (AvgIpc) is 2.27. The lowest BCUT2D eigenvalue weighted by Gasteiger charge is -2.18. The number of benzene rings is 1. The Kier molecular flexibility index (Phi) is 4.53. The zero-order chi connectivity index (χ0) is 13.8. The predicted molar refractivity (Wildman–Crippen MR) is 72.2 cm³/mol. The molecular formula is C13H20N2O3. The van der Waals surface area contributed by atoms with E-state index < -0.39 is 4.92 Å². The number of anilines is 1. The van der Waals surface area contributed by atoms with Crippen LogP contribution in [0.1, 0.15) is 27.2 Å².